The molecular weight excluding hydrogens is 292 g/mol. The molecule has 6 nitrogen and oxygen atoms in total. The molecule has 1 unspecified atom stereocenters. The van der Waals surface area contributed by atoms with Crippen molar-refractivity contribution in [2.45, 2.75) is 23.7 Å². The average Bonchev–Trinajstić information content (AvgIpc) is 2.98. The lowest BCUT2D eigenvalue weighted by Crippen LogP contribution is -2.30. The van der Waals surface area contributed by atoms with E-state index in [1.807, 2.05) is 0 Å². The first kappa shape index (κ1) is 15.1. The largest absolute Gasteiger partial charge is 0.478 e. The van der Waals surface area contributed by atoms with Crippen LogP contribution in [0.4, 0.5) is 0 Å². The summed E-state index contributed by atoms with van der Waals surface area (Å²) >= 11 is 1.11. The number of nitrogens with one attached hydrogen (secondary N) is 1. The highest BCUT2D eigenvalue weighted by molar-refractivity contribution is 8.00. The molecule has 1 atom stereocenters. The third-order valence-corrected chi connectivity index (χ3v) is 3.79. The second-order valence-corrected chi connectivity index (χ2v) is 5.55. The molecule has 1 amide bonds. The fourth-order valence-corrected chi connectivity index (χ4v) is 2.53. The van der Waals surface area contributed by atoms with Gasteiger partial charge in [0, 0.05) is 6.20 Å². The number of thioether (sulfide) groups is 1. The third-order valence-electron chi connectivity index (χ3n) is 2.68. The van der Waals surface area contributed by atoms with Crippen molar-refractivity contribution >= 4 is 23.6 Å². The Morgan fingerprint density at radius 3 is 2.90 bits per heavy atom. The van der Waals surface area contributed by atoms with Crippen molar-refractivity contribution in [3.8, 4) is 0 Å². The second-order valence-electron chi connectivity index (χ2n) is 4.22. The Morgan fingerprint density at radius 2 is 2.24 bits per heavy atom. The van der Waals surface area contributed by atoms with E-state index in [1.165, 1.54) is 18.5 Å². The van der Waals surface area contributed by atoms with E-state index in [1.54, 1.807) is 25.1 Å². The van der Waals surface area contributed by atoms with Crippen LogP contribution in [0.1, 0.15) is 23.0 Å². The number of rotatable bonds is 6. The summed E-state index contributed by atoms with van der Waals surface area (Å²) in [7, 11) is 0. The smallest absolute Gasteiger partial charge is 0.338 e. The fourth-order valence-electron chi connectivity index (χ4n) is 1.60. The molecule has 7 heteroatoms. The lowest BCUT2D eigenvalue weighted by molar-refractivity contribution is -0.120. The fraction of sp³-hybridized carbons (Fsp3) is 0.214. The topological polar surface area (TPSA) is 92.4 Å². The minimum absolute atomic E-state index is 0.0909. The van der Waals surface area contributed by atoms with Crippen LogP contribution in [0.25, 0.3) is 0 Å². The van der Waals surface area contributed by atoms with Crippen molar-refractivity contribution in [2.75, 3.05) is 0 Å². The SMILES string of the molecule is CC(Sc1ncccc1C(=O)O)C(=O)NCc1ccco1. The second kappa shape index (κ2) is 6.94. The van der Waals surface area contributed by atoms with E-state index in [-0.39, 0.29) is 11.5 Å². The highest BCUT2D eigenvalue weighted by Gasteiger charge is 2.19. The molecule has 21 heavy (non-hydrogen) atoms. The number of aromatic carboxylic acids is 1. The number of pyridine rings is 1. The van der Waals surface area contributed by atoms with Crippen LogP contribution < -0.4 is 5.32 Å². The summed E-state index contributed by atoms with van der Waals surface area (Å²) < 4.78 is 5.12. The molecular formula is C14H14N2O4S. The number of amides is 1. The molecule has 0 aliphatic rings. The van der Waals surface area contributed by atoms with Crippen LogP contribution in [-0.2, 0) is 11.3 Å². The van der Waals surface area contributed by atoms with Gasteiger partial charge in [-0.05, 0) is 31.2 Å². The molecule has 0 spiro atoms. The van der Waals surface area contributed by atoms with E-state index in [0.29, 0.717) is 17.3 Å². The van der Waals surface area contributed by atoms with Gasteiger partial charge >= 0.3 is 5.97 Å². The number of carbonyl (C=O) groups is 2. The van der Waals surface area contributed by atoms with Gasteiger partial charge in [-0.3, -0.25) is 4.79 Å². The number of hydrogen-bond acceptors (Lipinski definition) is 5. The highest BCUT2D eigenvalue weighted by Crippen LogP contribution is 2.24. The van der Waals surface area contributed by atoms with Crippen molar-refractivity contribution in [2.24, 2.45) is 0 Å². The van der Waals surface area contributed by atoms with Crippen LogP contribution in [0, 0.1) is 0 Å². The van der Waals surface area contributed by atoms with Crippen molar-refractivity contribution in [3.63, 3.8) is 0 Å². The van der Waals surface area contributed by atoms with Gasteiger partial charge in [0.25, 0.3) is 0 Å². The molecule has 2 heterocycles. The normalized spacial score (nSPS) is 11.9. The molecule has 0 aromatic carbocycles. The molecule has 0 fully saturated rings. The Kier molecular flexibility index (Phi) is 4.99. The minimum atomic E-state index is -1.06. The zero-order valence-electron chi connectivity index (χ0n) is 11.3. The minimum Gasteiger partial charge on any atom is -0.478 e. The van der Waals surface area contributed by atoms with Gasteiger partial charge in [0.1, 0.15) is 10.8 Å². The number of furan rings is 1. The molecule has 2 aromatic heterocycles. The van der Waals surface area contributed by atoms with Crippen molar-refractivity contribution < 1.29 is 19.1 Å². The summed E-state index contributed by atoms with van der Waals surface area (Å²) in [5, 5.41) is 11.7. The van der Waals surface area contributed by atoms with E-state index < -0.39 is 11.2 Å². The maximum Gasteiger partial charge on any atom is 0.338 e. The summed E-state index contributed by atoms with van der Waals surface area (Å²) in [4.78, 5) is 27.1. The van der Waals surface area contributed by atoms with Crippen LogP contribution in [-0.4, -0.2) is 27.2 Å². The summed E-state index contributed by atoms with van der Waals surface area (Å²) in [6, 6.07) is 6.52. The van der Waals surface area contributed by atoms with Crippen LogP contribution in [0.5, 0.6) is 0 Å². The highest BCUT2D eigenvalue weighted by atomic mass is 32.2. The summed E-state index contributed by atoms with van der Waals surface area (Å²) in [6.45, 7) is 1.99. The van der Waals surface area contributed by atoms with E-state index >= 15 is 0 Å². The maximum absolute atomic E-state index is 12.0. The van der Waals surface area contributed by atoms with Gasteiger partial charge in [0.05, 0.1) is 23.6 Å². The average molecular weight is 306 g/mol. The zero-order valence-corrected chi connectivity index (χ0v) is 12.1. The van der Waals surface area contributed by atoms with Gasteiger partial charge < -0.3 is 14.8 Å². The Labute approximate surface area is 125 Å². The predicted molar refractivity (Wildman–Crippen MR) is 77.1 cm³/mol. The van der Waals surface area contributed by atoms with Gasteiger partial charge in [0.2, 0.25) is 5.91 Å². The van der Waals surface area contributed by atoms with Crippen molar-refractivity contribution in [1.29, 1.82) is 0 Å². The molecule has 0 saturated carbocycles. The third kappa shape index (κ3) is 4.09. The summed E-state index contributed by atoms with van der Waals surface area (Å²) in [5.74, 6) is -0.614. The van der Waals surface area contributed by atoms with Gasteiger partial charge in [0.15, 0.2) is 0 Å². The molecule has 2 rings (SSSR count). The predicted octanol–water partition coefficient (Wildman–Crippen LogP) is 2.17. The van der Waals surface area contributed by atoms with E-state index in [9.17, 15) is 9.59 Å². The number of nitrogens with zero attached hydrogens (tertiary/aromatic N) is 1. The lowest BCUT2D eigenvalue weighted by Gasteiger charge is -2.11. The first-order chi connectivity index (χ1) is 10.1. The van der Waals surface area contributed by atoms with Crippen LogP contribution in [0.2, 0.25) is 0 Å². The number of carboxylic acids is 1. The lowest BCUT2D eigenvalue weighted by atomic mass is 10.3. The molecule has 110 valence electrons. The first-order valence-corrected chi connectivity index (χ1v) is 7.11. The van der Waals surface area contributed by atoms with Crippen molar-refractivity contribution in [1.82, 2.24) is 10.3 Å². The molecule has 0 aliphatic heterocycles. The first-order valence-electron chi connectivity index (χ1n) is 6.23. The van der Waals surface area contributed by atoms with E-state index in [4.69, 9.17) is 9.52 Å². The Balaban J connectivity index is 1.96. The Hall–Kier alpha value is -2.28. The molecule has 0 bridgehead atoms. The molecule has 0 saturated heterocycles. The van der Waals surface area contributed by atoms with E-state index in [0.717, 1.165) is 11.8 Å². The number of hydrogen-bond donors (Lipinski definition) is 2. The van der Waals surface area contributed by atoms with Crippen LogP contribution in [0.3, 0.4) is 0 Å². The Bertz CT molecular complexity index is 628. The number of carboxylic acid groups (broad SMARTS) is 1. The van der Waals surface area contributed by atoms with Gasteiger partial charge in [-0.1, -0.05) is 11.8 Å². The maximum atomic E-state index is 12.0. The molecule has 2 N–H and O–H groups in total. The van der Waals surface area contributed by atoms with Gasteiger partial charge in [-0.25, -0.2) is 9.78 Å². The number of carbonyl (C=O) groups excluding carboxylic acids is 1. The molecule has 0 aliphatic carbocycles. The van der Waals surface area contributed by atoms with Crippen LogP contribution in [0.15, 0.2) is 46.2 Å². The van der Waals surface area contributed by atoms with Crippen molar-refractivity contribution in [3.05, 3.63) is 48.0 Å². The zero-order chi connectivity index (χ0) is 15.2. The molecule has 2 aromatic rings. The van der Waals surface area contributed by atoms with Gasteiger partial charge in [-0.2, -0.15) is 0 Å². The monoisotopic (exact) mass is 306 g/mol. The van der Waals surface area contributed by atoms with Crippen LogP contribution >= 0.6 is 11.8 Å². The quantitative estimate of drug-likeness (QED) is 0.795. The summed E-state index contributed by atoms with van der Waals surface area (Å²) in [5.41, 5.74) is 0.0909. The van der Waals surface area contributed by atoms with Gasteiger partial charge in [-0.15, -0.1) is 0 Å². The standard InChI is InChI=1S/C14H14N2O4S/c1-9(12(17)16-8-10-4-3-7-20-10)21-13-11(14(18)19)5-2-6-15-13/h2-7,9H,8H2,1H3,(H,16,17)(H,18,19). The summed E-state index contributed by atoms with van der Waals surface area (Å²) in [6.07, 6.45) is 3.04. The molecule has 0 radical (unpaired) electrons. The Morgan fingerprint density at radius 1 is 1.43 bits per heavy atom. The number of aromatic nitrogens is 1. The van der Waals surface area contributed by atoms with E-state index in [2.05, 4.69) is 10.3 Å².